The highest BCUT2D eigenvalue weighted by atomic mass is 35.5. The normalized spacial score (nSPS) is 20.5. The van der Waals surface area contributed by atoms with Gasteiger partial charge in [-0.2, -0.15) is 0 Å². The Labute approximate surface area is 236 Å². The lowest BCUT2D eigenvalue weighted by Crippen LogP contribution is -2.34. The van der Waals surface area contributed by atoms with Gasteiger partial charge in [-0.25, -0.2) is 0 Å². The third-order valence-corrected chi connectivity index (χ3v) is 8.56. The maximum absolute atomic E-state index is 11.9. The van der Waals surface area contributed by atoms with Gasteiger partial charge < -0.3 is 9.84 Å². The van der Waals surface area contributed by atoms with Gasteiger partial charge in [0.25, 0.3) is 0 Å². The van der Waals surface area contributed by atoms with Gasteiger partial charge in [0.15, 0.2) is 0 Å². The Bertz CT molecular complexity index is 1140. The van der Waals surface area contributed by atoms with Crippen LogP contribution in [-0.4, -0.2) is 52.9 Å². The summed E-state index contributed by atoms with van der Waals surface area (Å²) in [7, 11) is 1.67. The molecule has 1 N–H and O–H groups in total. The van der Waals surface area contributed by atoms with Crippen molar-refractivity contribution in [3.05, 3.63) is 64.2 Å². The number of rotatable bonds is 12. The number of carbonyl (C=O) groups is 3. The number of aliphatic carboxylic acids is 1. The van der Waals surface area contributed by atoms with E-state index in [2.05, 4.69) is 42.2 Å². The molecule has 0 radical (unpaired) electrons. The molecule has 210 valence electrons. The Morgan fingerprint density at radius 1 is 1.08 bits per heavy atom. The van der Waals surface area contributed by atoms with Crippen molar-refractivity contribution in [3.63, 3.8) is 0 Å². The number of carbonyl (C=O) groups excluding carboxylic acids is 2. The molecule has 1 heterocycles. The molecule has 0 spiro atoms. The fourth-order valence-electron chi connectivity index (χ4n) is 5.86. The number of ether oxygens (including phenoxy) is 1. The molecule has 2 amide bonds. The van der Waals surface area contributed by atoms with Gasteiger partial charge in [0, 0.05) is 43.5 Å². The molecule has 8 heteroatoms. The molecule has 1 atom stereocenters. The second-order valence-corrected chi connectivity index (χ2v) is 11.3. The largest absolute Gasteiger partial charge is 0.496 e. The summed E-state index contributed by atoms with van der Waals surface area (Å²) in [5.74, 6) is 0.218. The third-order valence-electron chi connectivity index (χ3n) is 8.31. The summed E-state index contributed by atoms with van der Waals surface area (Å²) in [6.07, 6.45) is 5.38. The van der Waals surface area contributed by atoms with Gasteiger partial charge in [0.05, 0.1) is 13.0 Å². The van der Waals surface area contributed by atoms with Gasteiger partial charge in [-0.1, -0.05) is 35.9 Å². The van der Waals surface area contributed by atoms with Gasteiger partial charge in [-0.05, 0) is 86.3 Å². The van der Waals surface area contributed by atoms with Crippen LogP contribution >= 0.6 is 11.6 Å². The number of carboxylic acid groups (broad SMARTS) is 1. The molecule has 2 aromatic rings. The SMILES string of the molecule is COc1cc(CN(C[C@H]2CC[C@H](C(=O)O)CC2)[C@@H](C)c2ccc(Cl)cc2)ccc1CCCN1C(=O)CCC1=O. The summed E-state index contributed by atoms with van der Waals surface area (Å²) in [5, 5.41) is 10.1. The topological polar surface area (TPSA) is 87.2 Å². The first kappa shape index (κ1) is 29.1. The van der Waals surface area contributed by atoms with Crippen molar-refractivity contribution in [1.29, 1.82) is 0 Å². The molecular formula is C31H39ClN2O5. The molecule has 0 bridgehead atoms. The number of amides is 2. The molecule has 7 nitrogen and oxygen atoms in total. The van der Waals surface area contributed by atoms with E-state index in [1.165, 1.54) is 10.5 Å². The van der Waals surface area contributed by atoms with E-state index in [0.29, 0.717) is 36.7 Å². The number of aryl methyl sites for hydroxylation is 1. The maximum atomic E-state index is 11.9. The standard InChI is InChI=1S/C31H39ClN2O5/c1-21(24-11-13-27(32)14-12-24)33(19-22-5-9-26(10-6-22)31(37)38)20-23-7-8-25(28(18-23)39-2)4-3-17-34-29(35)15-16-30(34)36/h7-8,11-14,18,21-22,26H,3-6,9-10,15-17,19-20H2,1-2H3,(H,37,38)/t21-,22-,26-/m0/s1. The highest BCUT2D eigenvalue weighted by molar-refractivity contribution is 6.30. The fraction of sp³-hybridized carbons (Fsp3) is 0.516. The van der Waals surface area contributed by atoms with Crippen LogP contribution < -0.4 is 4.74 Å². The monoisotopic (exact) mass is 554 g/mol. The highest BCUT2D eigenvalue weighted by Gasteiger charge is 2.29. The maximum Gasteiger partial charge on any atom is 0.306 e. The van der Waals surface area contributed by atoms with Crippen molar-refractivity contribution < 1.29 is 24.2 Å². The lowest BCUT2D eigenvalue weighted by atomic mass is 9.81. The van der Waals surface area contributed by atoms with E-state index in [0.717, 1.165) is 62.1 Å². The first-order valence-corrected chi connectivity index (χ1v) is 14.3. The summed E-state index contributed by atoms with van der Waals surface area (Å²) >= 11 is 6.14. The van der Waals surface area contributed by atoms with Crippen LogP contribution in [0, 0.1) is 11.8 Å². The number of imide groups is 1. The predicted molar refractivity (Wildman–Crippen MR) is 151 cm³/mol. The van der Waals surface area contributed by atoms with Crippen molar-refractivity contribution in [2.45, 2.75) is 70.9 Å². The van der Waals surface area contributed by atoms with Gasteiger partial charge in [-0.15, -0.1) is 0 Å². The van der Waals surface area contributed by atoms with Gasteiger partial charge in [0.1, 0.15) is 5.75 Å². The van der Waals surface area contributed by atoms with Crippen molar-refractivity contribution in [3.8, 4) is 5.75 Å². The number of carboxylic acids is 1. The Morgan fingerprint density at radius 2 is 1.74 bits per heavy atom. The van der Waals surface area contributed by atoms with Crippen LogP contribution in [-0.2, 0) is 27.3 Å². The Morgan fingerprint density at radius 3 is 2.36 bits per heavy atom. The number of methoxy groups -OCH3 is 1. The summed E-state index contributed by atoms with van der Waals surface area (Å²) in [6, 6.07) is 14.4. The van der Waals surface area contributed by atoms with Crippen molar-refractivity contribution in [2.75, 3.05) is 20.2 Å². The van der Waals surface area contributed by atoms with Crippen LogP contribution in [0.25, 0.3) is 0 Å². The molecule has 0 unspecified atom stereocenters. The van der Waals surface area contributed by atoms with Crippen LogP contribution in [0.5, 0.6) is 5.75 Å². The Hall–Kier alpha value is -2.90. The second kappa shape index (κ2) is 13.4. The second-order valence-electron chi connectivity index (χ2n) is 10.9. The van der Waals surface area contributed by atoms with E-state index >= 15 is 0 Å². The zero-order chi connectivity index (χ0) is 27.9. The molecule has 1 aliphatic carbocycles. The molecule has 1 aliphatic heterocycles. The Balaban J connectivity index is 1.45. The van der Waals surface area contributed by atoms with Crippen LogP contribution in [0.2, 0.25) is 5.02 Å². The summed E-state index contributed by atoms with van der Waals surface area (Å²) in [6.45, 7) is 4.27. The predicted octanol–water partition coefficient (Wildman–Crippen LogP) is 5.88. The fourth-order valence-corrected chi connectivity index (χ4v) is 5.99. The third kappa shape index (κ3) is 7.61. The van der Waals surface area contributed by atoms with Crippen LogP contribution in [0.3, 0.4) is 0 Å². The average molecular weight is 555 g/mol. The van der Waals surface area contributed by atoms with E-state index in [9.17, 15) is 19.5 Å². The molecule has 2 fully saturated rings. The lowest BCUT2D eigenvalue weighted by molar-refractivity contribution is -0.143. The highest BCUT2D eigenvalue weighted by Crippen LogP contribution is 2.33. The van der Waals surface area contributed by atoms with E-state index in [4.69, 9.17) is 16.3 Å². The number of benzene rings is 2. The van der Waals surface area contributed by atoms with E-state index in [1.807, 2.05) is 12.1 Å². The van der Waals surface area contributed by atoms with E-state index in [-0.39, 0.29) is 23.8 Å². The molecule has 39 heavy (non-hydrogen) atoms. The quantitative estimate of drug-likeness (QED) is 0.329. The minimum Gasteiger partial charge on any atom is -0.496 e. The smallest absolute Gasteiger partial charge is 0.306 e. The van der Waals surface area contributed by atoms with Crippen molar-refractivity contribution >= 4 is 29.4 Å². The molecule has 2 aromatic carbocycles. The number of hydrogen-bond donors (Lipinski definition) is 1. The number of halogens is 1. The first-order valence-electron chi connectivity index (χ1n) is 14.0. The average Bonchev–Trinajstić information content (AvgIpc) is 3.26. The molecule has 4 rings (SSSR count). The molecule has 1 saturated carbocycles. The number of likely N-dealkylation sites (tertiary alicyclic amines) is 1. The van der Waals surface area contributed by atoms with Crippen LogP contribution in [0.1, 0.15) is 74.6 Å². The van der Waals surface area contributed by atoms with E-state index < -0.39 is 5.97 Å². The minimum atomic E-state index is -0.675. The number of hydrogen-bond acceptors (Lipinski definition) is 5. The van der Waals surface area contributed by atoms with Crippen molar-refractivity contribution in [2.24, 2.45) is 11.8 Å². The van der Waals surface area contributed by atoms with Gasteiger partial charge in [0.2, 0.25) is 11.8 Å². The molecule has 2 aliphatic rings. The molecule has 0 aromatic heterocycles. The van der Waals surface area contributed by atoms with Crippen molar-refractivity contribution in [1.82, 2.24) is 9.80 Å². The minimum absolute atomic E-state index is 0.0753. The van der Waals surface area contributed by atoms with E-state index in [1.54, 1.807) is 7.11 Å². The molecule has 1 saturated heterocycles. The summed E-state index contributed by atoms with van der Waals surface area (Å²) in [4.78, 5) is 39.1. The van der Waals surface area contributed by atoms with Gasteiger partial charge >= 0.3 is 5.97 Å². The zero-order valence-electron chi connectivity index (χ0n) is 22.9. The zero-order valence-corrected chi connectivity index (χ0v) is 23.7. The van der Waals surface area contributed by atoms with Crippen LogP contribution in [0.15, 0.2) is 42.5 Å². The van der Waals surface area contributed by atoms with Crippen LogP contribution in [0.4, 0.5) is 0 Å². The Kier molecular flexibility index (Phi) is 10.0. The van der Waals surface area contributed by atoms with Gasteiger partial charge in [-0.3, -0.25) is 24.2 Å². The molecular weight excluding hydrogens is 516 g/mol. The summed E-state index contributed by atoms with van der Waals surface area (Å²) in [5.41, 5.74) is 3.39. The summed E-state index contributed by atoms with van der Waals surface area (Å²) < 4.78 is 5.74. The number of nitrogens with zero attached hydrogens (tertiary/aromatic N) is 2. The first-order chi connectivity index (χ1) is 18.7. The lowest BCUT2D eigenvalue weighted by Gasteiger charge is -2.35.